The van der Waals surface area contributed by atoms with Gasteiger partial charge in [0.2, 0.25) is 0 Å². The fourth-order valence-electron chi connectivity index (χ4n) is 3.09. The molecule has 0 amide bonds. The average Bonchev–Trinajstić information content (AvgIpc) is 3.23. The van der Waals surface area contributed by atoms with Crippen LogP contribution in [0.2, 0.25) is 0 Å². The Hall–Kier alpha value is -1.89. The molecule has 3 heterocycles. The van der Waals surface area contributed by atoms with Crippen molar-refractivity contribution in [1.29, 1.82) is 0 Å². The van der Waals surface area contributed by atoms with Gasteiger partial charge in [-0.05, 0) is 12.1 Å². The Morgan fingerprint density at radius 2 is 2.12 bits per heavy atom. The van der Waals surface area contributed by atoms with Gasteiger partial charge in [-0.3, -0.25) is 9.88 Å². The number of rotatable bonds is 6. The zero-order valence-corrected chi connectivity index (χ0v) is 16.1. The number of pyridine rings is 1. The molecule has 2 aromatic heterocycles. The topological polar surface area (TPSA) is 38.2 Å². The standard InChI is InChI=1S/C20H21N3OS2/c1-2-6-19(24-14-16-4-3-7-21-12-16)17(5-1)13-23-9-11-25-15-18(23)20-22-8-10-26-20/h1-8,10,12,18H,9,11,13-15H2. The molecular weight excluding hydrogens is 362 g/mol. The maximum absolute atomic E-state index is 6.11. The Bertz CT molecular complexity index is 811. The second-order valence-electron chi connectivity index (χ2n) is 6.19. The van der Waals surface area contributed by atoms with Crippen molar-refractivity contribution in [2.24, 2.45) is 0 Å². The molecule has 1 aliphatic heterocycles. The van der Waals surface area contributed by atoms with Gasteiger partial charge >= 0.3 is 0 Å². The summed E-state index contributed by atoms with van der Waals surface area (Å²) in [7, 11) is 0. The largest absolute Gasteiger partial charge is 0.489 e. The minimum atomic E-state index is 0.389. The smallest absolute Gasteiger partial charge is 0.124 e. The van der Waals surface area contributed by atoms with Crippen molar-refractivity contribution >= 4 is 23.1 Å². The molecule has 134 valence electrons. The number of ether oxygens (including phenoxy) is 1. The SMILES string of the molecule is c1cncc(COc2ccccc2CN2CCSCC2c2nccs2)c1. The summed E-state index contributed by atoms with van der Waals surface area (Å²) in [5.74, 6) is 3.22. The first-order chi connectivity index (χ1) is 12.9. The quantitative estimate of drug-likeness (QED) is 0.630. The first-order valence-electron chi connectivity index (χ1n) is 8.71. The maximum atomic E-state index is 6.11. The summed E-state index contributed by atoms with van der Waals surface area (Å²) < 4.78 is 6.11. The van der Waals surface area contributed by atoms with Crippen LogP contribution < -0.4 is 4.74 Å². The van der Waals surface area contributed by atoms with Gasteiger partial charge in [-0.1, -0.05) is 24.3 Å². The molecule has 26 heavy (non-hydrogen) atoms. The first kappa shape index (κ1) is 17.5. The van der Waals surface area contributed by atoms with Gasteiger partial charge in [0.25, 0.3) is 0 Å². The van der Waals surface area contributed by atoms with Gasteiger partial charge in [0, 0.05) is 59.7 Å². The Labute approximate surface area is 162 Å². The summed E-state index contributed by atoms with van der Waals surface area (Å²) in [6.45, 7) is 2.50. The Balaban J connectivity index is 1.48. The Kier molecular flexibility index (Phi) is 5.84. The van der Waals surface area contributed by atoms with E-state index in [0.29, 0.717) is 12.6 Å². The molecule has 0 saturated carbocycles. The lowest BCUT2D eigenvalue weighted by Crippen LogP contribution is -2.35. The number of hydrogen-bond acceptors (Lipinski definition) is 6. The number of thiazole rings is 1. The summed E-state index contributed by atoms with van der Waals surface area (Å²) in [6, 6.07) is 12.7. The fraction of sp³-hybridized carbons (Fsp3) is 0.300. The molecule has 3 aromatic rings. The zero-order valence-electron chi connectivity index (χ0n) is 14.5. The Morgan fingerprint density at radius 1 is 1.15 bits per heavy atom. The molecule has 4 nitrogen and oxygen atoms in total. The van der Waals surface area contributed by atoms with Gasteiger partial charge in [-0.2, -0.15) is 11.8 Å². The summed E-state index contributed by atoms with van der Waals surface area (Å²) >= 11 is 3.77. The monoisotopic (exact) mass is 383 g/mol. The third-order valence-corrected chi connectivity index (χ3v) is 6.34. The number of aromatic nitrogens is 2. The van der Waals surface area contributed by atoms with E-state index in [9.17, 15) is 0 Å². The van der Waals surface area contributed by atoms with Gasteiger partial charge in [0.1, 0.15) is 17.4 Å². The first-order valence-corrected chi connectivity index (χ1v) is 10.7. The highest BCUT2D eigenvalue weighted by Crippen LogP contribution is 2.33. The van der Waals surface area contributed by atoms with Gasteiger partial charge in [-0.15, -0.1) is 11.3 Å². The summed E-state index contributed by atoms with van der Waals surface area (Å²) in [4.78, 5) is 11.2. The van der Waals surface area contributed by atoms with E-state index in [0.717, 1.165) is 30.2 Å². The van der Waals surface area contributed by atoms with Crippen molar-refractivity contribution in [3.05, 3.63) is 76.5 Å². The number of thioether (sulfide) groups is 1. The third kappa shape index (κ3) is 4.26. The van der Waals surface area contributed by atoms with Crippen LogP contribution in [0.3, 0.4) is 0 Å². The highest BCUT2D eigenvalue weighted by molar-refractivity contribution is 7.99. The van der Waals surface area contributed by atoms with Crippen LogP contribution in [0.5, 0.6) is 5.75 Å². The van der Waals surface area contributed by atoms with Crippen LogP contribution in [0.4, 0.5) is 0 Å². The molecule has 4 rings (SSSR count). The normalized spacial score (nSPS) is 17.9. The van der Waals surface area contributed by atoms with Crippen molar-refractivity contribution in [2.75, 3.05) is 18.1 Å². The fourth-order valence-corrected chi connectivity index (χ4v) is 5.09. The van der Waals surface area contributed by atoms with Crippen molar-refractivity contribution in [1.82, 2.24) is 14.9 Å². The van der Waals surface area contributed by atoms with Crippen molar-refractivity contribution in [2.45, 2.75) is 19.2 Å². The number of benzene rings is 1. The van der Waals surface area contributed by atoms with Crippen molar-refractivity contribution in [3.63, 3.8) is 0 Å². The minimum absolute atomic E-state index is 0.389. The lowest BCUT2D eigenvalue weighted by molar-refractivity contribution is 0.206. The van der Waals surface area contributed by atoms with E-state index in [4.69, 9.17) is 4.74 Å². The third-order valence-electron chi connectivity index (χ3n) is 4.44. The summed E-state index contributed by atoms with van der Waals surface area (Å²) in [5.41, 5.74) is 2.31. The minimum Gasteiger partial charge on any atom is -0.489 e. The van der Waals surface area contributed by atoms with E-state index in [-0.39, 0.29) is 0 Å². The lowest BCUT2D eigenvalue weighted by Gasteiger charge is -2.34. The molecule has 0 bridgehead atoms. The van der Waals surface area contributed by atoms with E-state index in [1.807, 2.05) is 42.4 Å². The molecule has 1 atom stereocenters. The molecule has 1 unspecified atom stereocenters. The van der Waals surface area contributed by atoms with Gasteiger partial charge in [0.05, 0.1) is 6.04 Å². The van der Waals surface area contributed by atoms with Crippen LogP contribution in [0.25, 0.3) is 0 Å². The average molecular weight is 384 g/mol. The van der Waals surface area contributed by atoms with Crippen LogP contribution in [0.1, 0.15) is 22.2 Å². The molecule has 6 heteroatoms. The van der Waals surface area contributed by atoms with E-state index >= 15 is 0 Å². The highest BCUT2D eigenvalue weighted by Gasteiger charge is 2.26. The van der Waals surface area contributed by atoms with E-state index in [1.54, 1.807) is 17.5 Å². The number of para-hydroxylation sites is 1. The second kappa shape index (κ2) is 8.66. The van der Waals surface area contributed by atoms with E-state index in [2.05, 4.69) is 38.4 Å². The second-order valence-corrected chi connectivity index (χ2v) is 8.27. The van der Waals surface area contributed by atoms with Gasteiger partial charge in [0.15, 0.2) is 0 Å². The highest BCUT2D eigenvalue weighted by atomic mass is 32.2. The van der Waals surface area contributed by atoms with Crippen LogP contribution in [-0.4, -0.2) is 32.9 Å². The molecule has 1 saturated heterocycles. The van der Waals surface area contributed by atoms with Gasteiger partial charge in [-0.25, -0.2) is 4.98 Å². The molecule has 1 aromatic carbocycles. The predicted octanol–water partition coefficient (Wildman–Crippen LogP) is 4.41. The maximum Gasteiger partial charge on any atom is 0.124 e. The number of hydrogen-bond donors (Lipinski definition) is 0. The molecule has 1 aliphatic rings. The molecule has 0 aliphatic carbocycles. The molecule has 0 radical (unpaired) electrons. The molecule has 0 N–H and O–H groups in total. The van der Waals surface area contributed by atoms with E-state index in [1.165, 1.54) is 16.3 Å². The zero-order chi connectivity index (χ0) is 17.6. The van der Waals surface area contributed by atoms with Crippen LogP contribution in [0.15, 0.2) is 60.4 Å². The van der Waals surface area contributed by atoms with Gasteiger partial charge < -0.3 is 4.74 Å². The molecular formula is C20H21N3OS2. The van der Waals surface area contributed by atoms with Crippen LogP contribution in [-0.2, 0) is 13.2 Å². The van der Waals surface area contributed by atoms with Crippen LogP contribution in [0, 0.1) is 0 Å². The lowest BCUT2D eigenvalue weighted by atomic mass is 10.1. The van der Waals surface area contributed by atoms with E-state index < -0.39 is 0 Å². The van der Waals surface area contributed by atoms with Crippen molar-refractivity contribution < 1.29 is 4.74 Å². The molecule has 1 fully saturated rings. The summed E-state index contributed by atoms with van der Waals surface area (Å²) in [5, 5.41) is 3.28. The van der Waals surface area contributed by atoms with Crippen molar-refractivity contribution in [3.8, 4) is 5.75 Å². The summed E-state index contributed by atoms with van der Waals surface area (Å²) in [6.07, 6.45) is 5.54. The predicted molar refractivity (Wildman–Crippen MR) is 108 cm³/mol. The number of nitrogens with zero attached hydrogens (tertiary/aromatic N) is 3. The Morgan fingerprint density at radius 3 is 2.96 bits per heavy atom. The molecule has 0 spiro atoms. The van der Waals surface area contributed by atoms with Crippen LogP contribution >= 0.6 is 23.1 Å².